The minimum Gasteiger partial charge on any atom is -0.506 e. The molecule has 1 aromatic heterocycles. The predicted octanol–water partition coefficient (Wildman–Crippen LogP) is 3.27. The normalized spacial score (nSPS) is 16.1. The van der Waals surface area contributed by atoms with Crippen molar-refractivity contribution in [2.75, 3.05) is 7.11 Å². The molecule has 1 aliphatic rings. The summed E-state index contributed by atoms with van der Waals surface area (Å²) in [5.41, 5.74) is 5.55. The van der Waals surface area contributed by atoms with Crippen LogP contribution in [0.5, 0.6) is 17.2 Å². The molecule has 0 spiro atoms. The van der Waals surface area contributed by atoms with Crippen LogP contribution in [0.25, 0.3) is 11.0 Å². The molecule has 1 atom stereocenters. The Morgan fingerprint density at radius 3 is 2.68 bits per heavy atom. The first kappa shape index (κ1) is 17.9. The molecule has 4 rings (SSSR count). The van der Waals surface area contributed by atoms with E-state index in [1.165, 1.54) is 7.11 Å². The van der Waals surface area contributed by atoms with Gasteiger partial charge in [0.25, 0.3) is 0 Å². The van der Waals surface area contributed by atoms with Crippen LogP contribution >= 0.6 is 0 Å². The van der Waals surface area contributed by atoms with E-state index in [1.54, 1.807) is 30.3 Å². The molecule has 0 aliphatic carbocycles. The number of fused-ring (bicyclic) bond motifs is 1. The number of nitrogens with zero attached hydrogens (tertiary/aromatic N) is 1. The lowest BCUT2D eigenvalue weighted by atomic mass is 9.97. The van der Waals surface area contributed by atoms with Crippen LogP contribution in [0, 0.1) is 13.8 Å². The Labute approximate surface area is 160 Å². The zero-order chi connectivity index (χ0) is 20.0. The van der Waals surface area contributed by atoms with Crippen molar-refractivity contribution in [3.05, 3.63) is 63.0 Å². The number of rotatable bonds is 3. The summed E-state index contributed by atoms with van der Waals surface area (Å²) in [5, 5.41) is 25.8. The smallest absolute Gasteiger partial charge is 0.349 e. The Morgan fingerprint density at radius 1 is 1.18 bits per heavy atom. The van der Waals surface area contributed by atoms with Crippen molar-refractivity contribution in [1.29, 1.82) is 0 Å². The number of phenols is 1. The molecule has 0 radical (unpaired) electrons. The zero-order valence-electron chi connectivity index (χ0n) is 15.7. The number of para-hydroxylation sites is 1. The molecule has 1 unspecified atom stereocenters. The van der Waals surface area contributed by atoms with Crippen LogP contribution in [0.15, 0.2) is 44.6 Å². The highest BCUT2D eigenvalue weighted by molar-refractivity contribution is 6.07. The van der Waals surface area contributed by atoms with Crippen LogP contribution in [0.1, 0.15) is 34.7 Å². The summed E-state index contributed by atoms with van der Waals surface area (Å²) in [6.45, 7) is 3.84. The van der Waals surface area contributed by atoms with Crippen molar-refractivity contribution in [2.45, 2.75) is 26.3 Å². The van der Waals surface area contributed by atoms with E-state index < -0.39 is 5.63 Å². The van der Waals surface area contributed by atoms with Crippen molar-refractivity contribution in [3.8, 4) is 17.2 Å². The number of methoxy groups -OCH3 is 1. The fourth-order valence-corrected chi connectivity index (χ4v) is 3.46. The lowest BCUT2D eigenvalue weighted by Gasteiger charge is -2.14. The average molecular weight is 380 g/mol. The van der Waals surface area contributed by atoms with Crippen molar-refractivity contribution in [1.82, 2.24) is 5.43 Å². The van der Waals surface area contributed by atoms with Crippen molar-refractivity contribution in [3.63, 3.8) is 0 Å². The van der Waals surface area contributed by atoms with E-state index in [4.69, 9.17) is 9.15 Å². The zero-order valence-corrected chi connectivity index (χ0v) is 15.7. The Morgan fingerprint density at radius 2 is 1.93 bits per heavy atom. The molecule has 0 saturated carbocycles. The Balaban J connectivity index is 1.74. The minimum atomic E-state index is -0.649. The van der Waals surface area contributed by atoms with Crippen LogP contribution in [-0.4, -0.2) is 23.0 Å². The third-order valence-electron chi connectivity index (χ3n) is 5.16. The molecule has 2 heterocycles. The highest BCUT2D eigenvalue weighted by Gasteiger charge is 2.29. The van der Waals surface area contributed by atoms with Crippen LogP contribution in [0.3, 0.4) is 0 Å². The minimum absolute atomic E-state index is 0.0137. The van der Waals surface area contributed by atoms with E-state index in [-0.39, 0.29) is 23.1 Å². The maximum atomic E-state index is 12.5. The van der Waals surface area contributed by atoms with Gasteiger partial charge in [0.05, 0.1) is 24.2 Å². The van der Waals surface area contributed by atoms with E-state index in [2.05, 4.69) is 10.5 Å². The average Bonchev–Trinajstić information content (AvgIpc) is 3.13. The fourth-order valence-electron chi connectivity index (χ4n) is 3.46. The molecule has 0 bridgehead atoms. The van der Waals surface area contributed by atoms with E-state index >= 15 is 0 Å². The summed E-state index contributed by atoms with van der Waals surface area (Å²) < 4.78 is 10.6. The first-order valence-electron chi connectivity index (χ1n) is 8.86. The molecule has 7 heteroatoms. The van der Waals surface area contributed by atoms with Gasteiger partial charge in [0.2, 0.25) is 0 Å². The van der Waals surface area contributed by atoms with Crippen LogP contribution in [0.2, 0.25) is 0 Å². The van der Waals surface area contributed by atoms with E-state index in [9.17, 15) is 15.0 Å². The van der Waals surface area contributed by atoms with Crippen LogP contribution in [0.4, 0.5) is 0 Å². The summed E-state index contributed by atoms with van der Waals surface area (Å²) in [5.74, 6) is 0.219. The molecule has 0 fully saturated rings. The molecule has 1 aliphatic heterocycles. The van der Waals surface area contributed by atoms with E-state index in [0.717, 1.165) is 11.1 Å². The molecule has 7 nitrogen and oxygen atoms in total. The van der Waals surface area contributed by atoms with Gasteiger partial charge in [-0.25, -0.2) is 4.79 Å². The van der Waals surface area contributed by atoms with Gasteiger partial charge in [0.1, 0.15) is 16.9 Å². The predicted molar refractivity (Wildman–Crippen MR) is 105 cm³/mol. The largest absolute Gasteiger partial charge is 0.506 e. The second kappa shape index (κ2) is 6.60. The second-order valence-corrected chi connectivity index (χ2v) is 6.89. The number of ether oxygens (including phenoxy) is 1. The number of hydrogen-bond acceptors (Lipinski definition) is 7. The lowest BCUT2D eigenvalue weighted by molar-refractivity contribution is 0.367. The Kier molecular flexibility index (Phi) is 4.22. The van der Waals surface area contributed by atoms with Gasteiger partial charge < -0.3 is 24.8 Å². The first-order chi connectivity index (χ1) is 13.4. The SMILES string of the molecule is COc1cccc(C2CC(c3c(O)c4cc(C)c(C)cc4oc3=O)=NN2)c1O. The summed E-state index contributed by atoms with van der Waals surface area (Å²) in [6.07, 6.45) is 0.301. The number of nitrogens with one attached hydrogen (secondary N) is 1. The number of aryl methyl sites for hydroxylation is 2. The van der Waals surface area contributed by atoms with Gasteiger partial charge in [0.15, 0.2) is 11.5 Å². The van der Waals surface area contributed by atoms with Gasteiger partial charge in [-0.2, -0.15) is 5.10 Å². The van der Waals surface area contributed by atoms with Crippen molar-refractivity contribution >= 4 is 16.7 Å². The molecule has 3 aromatic rings. The Hall–Kier alpha value is -3.48. The molecule has 144 valence electrons. The number of hydrazone groups is 1. The number of hydrogen-bond donors (Lipinski definition) is 3. The summed E-state index contributed by atoms with van der Waals surface area (Å²) in [4.78, 5) is 12.5. The van der Waals surface area contributed by atoms with E-state index in [0.29, 0.717) is 34.4 Å². The summed E-state index contributed by atoms with van der Waals surface area (Å²) >= 11 is 0. The molecule has 0 saturated heterocycles. The third-order valence-corrected chi connectivity index (χ3v) is 5.16. The van der Waals surface area contributed by atoms with Gasteiger partial charge >= 0.3 is 5.63 Å². The van der Waals surface area contributed by atoms with Gasteiger partial charge in [-0.3, -0.25) is 0 Å². The molecular weight excluding hydrogens is 360 g/mol. The molecule has 28 heavy (non-hydrogen) atoms. The maximum absolute atomic E-state index is 12.5. The number of aromatic hydroxyl groups is 2. The number of phenolic OH excluding ortho intramolecular Hbond substituents is 1. The van der Waals surface area contributed by atoms with Gasteiger partial charge in [-0.05, 0) is 43.2 Å². The quantitative estimate of drug-likeness (QED) is 0.603. The number of benzene rings is 2. The highest BCUT2D eigenvalue weighted by atomic mass is 16.5. The van der Waals surface area contributed by atoms with Gasteiger partial charge in [0, 0.05) is 12.0 Å². The fraction of sp³-hybridized carbons (Fsp3) is 0.238. The van der Waals surface area contributed by atoms with Gasteiger partial charge in [-0.1, -0.05) is 12.1 Å². The lowest BCUT2D eigenvalue weighted by Crippen LogP contribution is -2.15. The second-order valence-electron chi connectivity index (χ2n) is 6.89. The molecule has 3 N–H and O–H groups in total. The summed E-state index contributed by atoms with van der Waals surface area (Å²) in [7, 11) is 1.48. The molecule has 0 amide bonds. The highest BCUT2D eigenvalue weighted by Crippen LogP contribution is 2.38. The van der Waals surface area contributed by atoms with E-state index in [1.807, 2.05) is 13.8 Å². The van der Waals surface area contributed by atoms with Crippen LogP contribution in [-0.2, 0) is 0 Å². The topological polar surface area (TPSA) is 104 Å². The van der Waals surface area contributed by atoms with Gasteiger partial charge in [-0.15, -0.1) is 0 Å². The third kappa shape index (κ3) is 2.76. The summed E-state index contributed by atoms with van der Waals surface area (Å²) in [6, 6.07) is 8.34. The van der Waals surface area contributed by atoms with Crippen molar-refractivity contribution < 1.29 is 19.4 Å². The van der Waals surface area contributed by atoms with Crippen LogP contribution < -0.4 is 15.8 Å². The maximum Gasteiger partial charge on any atom is 0.349 e. The standard InChI is InChI=1S/C21H20N2O5/c1-10-7-13-17(8-11(10)2)28-21(26)18(20(13)25)15-9-14(22-23-15)12-5-4-6-16(27-3)19(12)24/h4-8,14,22,24-25H,9H2,1-3H3. The molecule has 2 aromatic carbocycles. The first-order valence-corrected chi connectivity index (χ1v) is 8.86. The Bertz CT molecular complexity index is 1180. The molecular formula is C21H20N2O5. The monoisotopic (exact) mass is 380 g/mol. The van der Waals surface area contributed by atoms with Crippen molar-refractivity contribution in [2.24, 2.45) is 5.10 Å².